The third kappa shape index (κ3) is 5.57. The Labute approximate surface area is 230 Å². The fraction of sp³-hybridized carbons (Fsp3) is 0.0370. The second kappa shape index (κ2) is 10.3. The first kappa shape index (κ1) is 26.6. The van der Waals surface area contributed by atoms with E-state index in [-0.39, 0.29) is 33.5 Å². The Balaban J connectivity index is 1.51. The van der Waals surface area contributed by atoms with Gasteiger partial charge in [-0.2, -0.15) is 8.42 Å². The Bertz CT molecular complexity index is 1820. The van der Waals surface area contributed by atoms with E-state index in [1.165, 1.54) is 30.3 Å². The average Bonchev–Trinajstić information content (AvgIpc) is 3.19. The summed E-state index contributed by atoms with van der Waals surface area (Å²) < 4.78 is 58.4. The smallest absolute Gasteiger partial charge is 0.343 e. The third-order valence-electron chi connectivity index (χ3n) is 5.93. The normalized spacial score (nSPS) is 13.8. The van der Waals surface area contributed by atoms with Crippen molar-refractivity contribution in [1.29, 1.82) is 0 Å². The number of nitrogens with zero attached hydrogens (tertiary/aromatic N) is 2. The number of nitrogens with two attached hydrogens (primary N) is 1. The highest BCUT2D eigenvalue weighted by Crippen LogP contribution is 2.33. The van der Waals surface area contributed by atoms with Crippen molar-refractivity contribution >= 4 is 49.1 Å². The molecule has 2 N–H and O–H groups in total. The van der Waals surface area contributed by atoms with E-state index in [1.807, 2.05) is 0 Å². The van der Waals surface area contributed by atoms with Crippen molar-refractivity contribution in [1.82, 2.24) is 0 Å². The Morgan fingerprint density at radius 1 is 0.897 bits per heavy atom. The van der Waals surface area contributed by atoms with Crippen molar-refractivity contribution in [3.05, 3.63) is 119 Å². The molecule has 0 aliphatic carbocycles. The molecule has 9 nitrogen and oxygen atoms in total. The Morgan fingerprint density at radius 2 is 1.54 bits per heavy atom. The number of carbonyl (C=O) groups is 1. The summed E-state index contributed by atoms with van der Waals surface area (Å²) in [7, 11) is -7.82. The fourth-order valence-electron chi connectivity index (χ4n) is 4.04. The van der Waals surface area contributed by atoms with E-state index < -0.39 is 26.0 Å². The molecule has 1 aliphatic rings. The van der Waals surface area contributed by atoms with Crippen molar-refractivity contribution in [2.45, 2.75) is 16.3 Å². The van der Waals surface area contributed by atoms with Crippen molar-refractivity contribution in [3.63, 3.8) is 0 Å². The second-order valence-corrected chi connectivity index (χ2v) is 12.1. The maximum atomic E-state index is 12.9. The average molecular weight is 582 g/mol. The van der Waals surface area contributed by atoms with Gasteiger partial charge in [-0.25, -0.2) is 18.4 Å². The second-order valence-electron chi connectivity index (χ2n) is 8.52. The molecule has 0 saturated carbocycles. The van der Waals surface area contributed by atoms with Crippen LogP contribution in [0.4, 0.5) is 5.69 Å². The number of rotatable bonds is 6. The number of hydrogen-bond donors (Lipinski definition) is 1. The lowest BCUT2D eigenvalue weighted by molar-refractivity contribution is 0.0733. The third-order valence-corrected chi connectivity index (χ3v) is 8.44. The van der Waals surface area contributed by atoms with Gasteiger partial charge in [-0.05, 0) is 66.7 Å². The van der Waals surface area contributed by atoms with Crippen LogP contribution >= 0.6 is 11.6 Å². The number of anilines is 1. The number of ether oxygens (including phenoxy) is 1. The fourth-order valence-corrected chi connectivity index (χ4v) is 5.89. The van der Waals surface area contributed by atoms with Crippen LogP contribution in [0, 0.1) is 0 Å². The summed E-state index contributed by atoms with van der Waals surface area (Å²) in [5.41, 5.74) is 1.74. The molecular weight excluding hydrogens is 562 g/mol. The molecule has 0 unspecified atom stereocenters. The van der Waals surface area contributed by atoms with Crippen molar-refractivity contribution < 1.29 is 26.4 Å². The van der Waals surface area contributed by atoms with Crippen LogP contribution in [0.2, 0.25) is 5.02 Å². The minimum Gasteiger partial charge on any atom is -0.423 e. The zero-order valence-electron chi connectivity index (χ0n) is 20.1. The Morgan fingerprint density at radius 3 is 2.23 bits per heavy atom. The van der Waals surface area contributed by atoms with Gasteiger partial charge in [0.2, 0.25) is 10.0 Å². The highest BCUT2D eigenvalue weighted by molar-refractivity contribution is 7.90. The molecule has 1 aliphatic heterocycles. The van der Waals surface area contributed by atoms with Gasteiger partial charge in [-0.1, -0.05) is 41.9 Å². The van der Waals surface area contributed by atoms with Gasteiger partial charge in [-0.3, -0.25) is 0 Å². The molecule has 0 fully saturated rings. The molecule has 0 spiro atoms. The van der Waals surface area contributed by atoms with Gasteiger partial charge in [-0.15, -0.1) is 4.40 Å². The van der Waals surface area contributed by atoms with E-state index in [1.54, 1.807) is 71.6 Å². The SMILES string of the molecule is NS(=O)(=O)c1ccc(C(=O)Oc2ccccc2CN(C2=NS(=O)(=O)c3ccccc32)c2ccc(Cl)cc2)cc1. The van der Waals surface area contributed by atoms with Crippen LogP contribution in [0.25, 0.3) is 0 Å². The number of sulfonamides is 2. The first-order chi connectivity index (χ1) is 18.5. The molecule has 5 rings (SSSR count). The molecule has 0 saturated heterocycles. The maximum Gasteiger partial charge on any atom is 0.343 e. The monoisotopic (exact) mass is 581 g/mol. The first-order valence-electron chi connectivity index (χ1n) is 11.4. The van der Waals surface area contributed by atoms with Crippen LogP contribution in [-0.2, 0) is 26.6 Å². The molecule has 39 heavy (non-hydrogen) atoms. The lowest BCUT2D eigenvalue weighted by Gasteiger charge is -2.26. The summed E-state index contributed by atoms with van der Waals surface area (Å²) >= 11 is 6.10. The van der Waals surface area contributed by atoms with Gasteiger partial charge >= 0.3 is 5.97 Å². The molecule has 0 bridgehead atoms. The topological polar surface area (TPSA) is 136 Å². The summed E-state index contributed by atoms with van der Waals surface area (Å²) in [6.07, 6.45) is 0. The quantitative estimate of drug-likeness (QED) is 0.264. The summed E-state index contributed by atoms with van der Waals surface area (Å²) in [4.78, 5) is 14.6. The van der Waals surface area contributed by atoms with Gasteiger partial charge in [0.15, 0.2) is 5.84 Å². The number of carbonyl (C=O) groups excluding carboxylic acids is 1. The molecule has 198 valence electrons. The zero-order valence-corrected chi connectivity index (χ0v) is 22.4. The highest BCUT2D eigenvalue weighted by Gasteiger charge is 2.32. The van der Waals surface area contributed by atoms with Gasteiger partial charge in [0.05, 0.1) is 17.0 Å². The molecule has 0 aromatic heterocycles. The van der Waals surface area contributed by atoms with Gasteiger partial charge < -0.3 is 9.64 Å². The summed E-state index contributed by atoms with van der Waals surface area (Å²) in [5, 5.41) is 5.63. The number of fused-ring (bicyclic) bond motifs is 1. The number of hydrogen-bond acceptors (Lipinski definition) is 7. The number of benzene rings is 4. The van der Waals surface area contributed by atoms with E-state index in [2.05, 4.69) is 4.40 Å². The lowest BCUT2D eigenvalue weighted by Crippen LogP contribution is -2.30. The number of amidine groups is 1. The minimum absolute atomic E-state index is 0.0954. The lowest BCUT2D eigenvalue weighted by atomic mass is 10.1. The largest absolute Gasteiger partial charge is 0.423 e. The maximum absolute atomic E-state index is 12.9. The van der Waals surface area contributed by atoms with E-state index in [9.17, 15) is 21.6 Å². The van der Waals surface area contributed by atoms with Crippen LogP contribution in [-0.4, -0.2) is 28.6 Å². The summed E-state index contributed by atoms with van der Waals surface area (Å²) in [6, 6.07) is 25.2. The standard InChI is InChI=1S/C27H20ClN3O6S2/c28-20-11-13-21(14-12-20)31(26-23-6-2-4-8-25(23)39(35,36)30-26)17-19-5-1-3-7-24(19)37-27(32)18-9-15-22(16-10-18)38(29,33)34/h1-16H,17H2,(H2,29,33,34). The predicted molar refractivity (Wildman–Crippen MR) is 147 cm³/mol. The number of primary sulfonamides is 1. The molecule has 1 heterocycles. The highest BCUT2D eigenvalue weighted by atomic mass is 35.5. The van der Waals surface area contributed by atoms with Gasteiger partial charge in [0.1, 0.15) is 10.6 Å². The van der Waals surface area contributed by atoms with E-state index >= 15 is 0 Å². The van der Waals surface area contributed by atoms with Crippen LogP contribution in [0.1, 0.15) is 21.5 Å². The molecule has 0 atom stereocenters. The molecule has 4 aromatic rings. The first-order valence-corrected chi connectivity index (χ1v) is 14.8. The zero-order chi connectivity index (χ0) is 27.8. The van der Waals surface area contributed by atoms with Crippen LogP contribution in [0.5, 0.6) is 5.75 Å². The molecule has 12 heteroatoms. The molecule has 4 aromatic carbocycles. The summed E-state index contributed by atoms with van der Waals surface area (Å²) in [6.45, 7) is 0.0954. The van der Waals surface area contributed by atoms with Gasteiger partial charge in [0, 0.05) is 21.8 Å². The van der Waals surface area contributed by atoms with Crippen LogP contribution in [0.15, 0.2) is 111 Å². The molecule has 0 amide bonds. The van der Waals surface area contributed by atoms with E-state index in [0.29, 0.717) is 21.8 Å². The minimum atomic E-state index is -3.91. The Hall–Kier alpha value is -4.03. The number of para-hydroxylation sites is 1. The predicted octanol–water partition coefficient (Wildman–Crippen LogP) is 4.36. The molecular formula is C27H20ClN3O6S2. The summed E-state index contributed by atoms with van der Waals surface area (Å²) in [5.74, 6) is -0.271. The Kier molecular flexibility index (Phi) is 7.00. The molecule has 0 radical (unpaired) electrons. The van der Waals surface area contributed by atoms with Gasteiger partial charge in [0.25, 0.3) is 10.0 Å². The van der Waals surface area contributed by atoms with E-state index in [4.69, 9.17) is 21.5 Å². The van der Waals surface area contributed by atoms with E-state index in [0.717, 1.165) is 0 Å². The van der Waals surface area contributed by atoms with Crippen molar-refractivity contribution in [2.24, 2.45) is 9.54 Å². The van der Waals surface area contributed by atoms with Crippen LogP contribution < -0.4 is 14.8 Å². The number of halogens is 1. The van der Waals surface area contributed by atoms with Crippen molar-refractivity contribution in [3.8, 4) is 5.75 Å². The van der Waals surface area contributed by atoms with Crippen molar-refractivity contribution in [2.75, 3.05) is 4.90 Å². The van der Waals surface area contributed by atoms with Crippen LogP contribution in [0.3, 0.4) is 0 Å². The number of esters is 1.